The molecule has 0 bridgehead atoms. The van der Waals surface area contributed by atoms with Crippen LogP contribution in [0.25, 0.3) is 0 Å². The van der Waals surface area contributed by atoms with Crippen LogP contribution in [0.4, 0.5) is 13.2 Å². The Bertz CT molecular complexity index is 585. The summed E-state index contributed by atoms with van der Waals surface area (Å²) in [5.74, 6) is 0.329. The van der Waals surface area contributed by atoms with Crippen molar-refractivity contribution in [3.8, 4) is 0 Å². The molecule has 104 valence electrons. The summed E-state index contributed by atoms with van der Waals surface area (Å²) in [6.07, 6.45) is -1.57. The summed E-state index contributed by atoms with van der Waals surface area (Å²) in [4.78, 5) is 3.96. The molecule has 0 aliphatic carbocycles. The van der Waals surface area contributed by atoms with Crippen LogP contribution in [0.15, 0.2) is 16.9 Å². The lowest BCUT2D eigenvalue weighted by Crippen LogP contribution is -2.20. The fraction of sp³-hybridized carbons (Fsp3) is 0.455. The smallest absolute Gasteiger partial charge is 0.324 e. The molecule has 0 aliphatic rings. The van der Waals surface area contributed by atoms with E-state index in [-0.39, 0.29) is 6.54 Å². The first-order valence-corrected chi connectivity index (χ1v) is 6.33. The average molecular weight is 337 g/mol. The SMILES string of the molecule is Cc1nn(Cc2nccn2CC(F)(F)F)c(C)c1Br. The van der Waals surface area contributed by atoms with Crippen molar-refractivity contribution >= 4 is 15.9 Å². The maximum Gasteiger partial charge on any atom is 0.406 e. The third kappa shape index (κ3) is 3.17. The van der Waals surface area contributed by atoms with Crippen molar-refractivity contribution in [1.29, 1.82) is 0 Å². The zero-order valence-corrected chi connectivity index (χ0v) is 12.0. The van der Waals surface area contributed by atoms with Gasteiger partial charge in [-0.3, -0.25) is 4.68 Å². The van der Waals surface area contributed by atoms with E-state index in [9.17, 15) is 13.2 Å². The number of imidazole rings is 1. The van der Waals surface area contributed by atoms with Gasteiger partial charge in [-0.1, -0.05) is 0 Å². The van der Waals surface area contributed by atoms with E-state index >= 15 is 0 Å². The molecular formula is C11H12BrF3N4. The molecule has 0 aromatic carbocycles. The van der Waals surface area contributed by atoms with E-state index in [1.807, 2.05) is 13.8 Å². The Morgan fingerprint density at radius 3 is 2.53 bits per heavy atom. The molecule has 2 aromatic heterocycles. The summed E-state index contributed by atoms with van der Waals surface area (Å²) in [6, 6.07) is 0. The van der Waals surface area contributed by atoms with Crippen molar-refractivity contribution in [2.45, 2.75) is 33.1 Å². The molecular weight excluding hydrogens is 325 g/mol. The summed E-state index contributed by atoms with van der Waals surface area (Å²) in [7, 11) is 0. The van der Waals surface area contributed by atoms with Crippen molar-refractivity contribution < 1.29 is 13.2 Å². The molecule has 2 aromatic rings. The molecule has 0 atom stereocenters. The van der Waals surface area contributed by atoms with E-state index in [1.165, 1.54) is 12.4 Å². The van der Waals surface area contributed by atoms with Crippen LogP contribution in [0, 0.1) is 13.8 Å². The van der Waals surface area contributed by atoms with Gasteiger partial charge in [0.1, 0.15) is 12.4 Å². The Balaban J connectivity index is 2.24. The summed E-state index contributed by atoms with van der Waals surface area (Å²) in [5.41, 5.74) is 1.66. The van der Waals surface area contributed by atoms with Crippen LogP contribution in [-0.4, -0.2) is 25.5 Å². The Kier molecular flexibility index (Phi) is 3.71. The minimum Gasteiger partial charge on any atom is -0.324 e. The minimum absolute atomic E-state index is 0.210. The van der Waals surface area contributed by atoms with Crippen LogP contribution in [0.5, 0.6) is 0 Å². The van der Waals surface area contributed by atoms with E-state index in [4.69, 9.17) is 0 Å². The first-order chi connectivity index (χ1) is 8.78. The number of hydrogen-bond donors (Lipinski definition) is 0. The van der Waals surface area contributed by atoms with Crippen molar-refractivity contribution in [1.82, 2.24) is 19.3 Å². The van der Waals surface area contributed by atoms with E-state index < -0.39 is 12.7 Å². The second-order valence-corrected chi connectivity index (χ2v) is 5.02. The second kappa shape index (κ2) is 4.99. The number of rotatable bonds is 3. The zero-order valence-electron chi connectivity index (χ0n) is 10.4. The van der Waals surface area contributed by atoms with Gasteiger partial charge in [0.2, 0.25) is 0 Å². The molecule has 8 heteroatoms. The molecule has 0 fully saturated rings. The Hall–Kier alpha value is -1.31. The lowest BCUT2D eigenvalue weighted by atomic mass is 10.4. The number of hydrogen-bond acceptors (Lipinski definition) is 2. The summed E-state index contributed by atoms with van der Waals surface area (Å²) < 4.78 is 40.8. The monoisotopic (exact) mass is 336 g/mol. The van der Waals surface area contributed by atoms with Crippen LogP contribution in [0.2, 0.25) is 0 Å². The van der Waals surface area contributed by atoms with Crippen LogP contribution in [-0.2, 0) is 13.1 Å². The molecule has 0 N–H and O–H groups in total. The van der Waals surface area contributed by atoms with E-state index in [2.05, 4.69) is 26.0 Å². The van der Waals surface area contributed by atoms with Gasteiger partial charge < -0.3 is 4.57 Å². The number of aromatic nitrogens is 4. The number of aryl methyl sites for hydroxylation is 1. The lowest BCUT2D eigenvalue weighted by Gasteiger charge is -2.11. The number of alkyl halides is 3. The minimum atomic E-state index is -4.26. The van der Waals surface area contributed by atoms with Crippen molar-refractivity contribution in [3.05, 3.63) is 34.1 Å². The molecule has 0 radical (unpaired) electrons. The Labute approximate surface area is 116 Å². The van der Waals surface area contributed by atoms with Crippen LogP contribution < -0.4 is 0 Å². The molecule has 0 aliphatic heterocycles. The van der Waals surface area contributed by atoms with E-state index in [0.29, 0.717) is 5.82 Å². The van der Waals surface area contributed by atoms with Gasteiger partial charge in [-0.05, 0) is 29.8 Å². The van der Waals surface area contributed by atoms with Crippen molar-refractivity contribution in [3.63, 3.8) is 0 Å². The maximum absolute atomic E-state index is 12.4. The Morgan fingerprint density at radius 2 is 2.00 bits per heavy atom. The highest BCUT2D eigenvalue weighted by atomic mass is 79.9. The molecule has 0 amide bonds. The summed E-state index contributed by atoms with van der Waals surface area (Å²) in [5, 5.41) is 4.26. The van der Waals surface area contributed by atoms with Crippen LogP contribution in [0.3, 0.4) is 0 Å². The third-order valence-corrected chi connectivity index (χ3v) is 3.88. The van der Waals surface area contributed by atoms with Crippen molar-refractivity contribution in [2.75, 3.05) is 0 Å². The highest BCUT2D eigenvalue weighted by Gasteiger charge is 2.29. The van der Waals surface area contributed by atoms with Gasteiger partial charge >= 0.3 is 6.18 Å². The molecule has 4 nitrogen and oxygen atoms in total. The third-order valence-electron chi connectivity index (χ3n) is 2.74. The quantitative estimate of drug-likeness (QED) is 0.863. The van der Waals surface area contributed by atoms with Gasteiger partial charge in [-0.2, -0.15) is 18.3 Å². The standard InChI is InChI=1S/C11H12BrF3N4/c1-7-10(12)8(2)19(17-7)5-9-16-3-4-18(9)6-11(13,14)15/h3-4H,5-6H2,1-2H3. The molecule has 0 spiro atoms. The van der Waals surface area contributed by atoms with Gasteiger partial charge in [0.25, 0.3) is 0 Å². The number of halogens is 4. The van der Waals surface area contributed by atoms with Crippen LogP contribution in [0.1, 0.15) is 17.2 Å². The molecule has 19 heavy (non-hydrogen) atoms. The molecule has 2 rings (SSSR count). The molecule has 0 saturated carbocycles. The Morgan fingerprint density at radius 1 is 1.32 bits per heavy atom. The first kappa shape index (κ1) is 14.1. The predicted molar refractivity (Wildman–Crippen MR) is 66.8 cm³/mol. The molecule has 2 heterocycles. The fourth-order valence-electron chi connectivity index (χ4n) is 1.79. The zero-order chi connectivity index (χ0) is 14.2. The van der Waals surface area contributed by atoms with Gasteiger partial charge in [0.15, 0.2) is 0 Å². The molecule has 0 unspecified atom stereocenters. The van der Waals surface area contributed by atoms with Crippen LogP contribution >= 0.6 is 15.9 Å². The predicted octanol–water partition coefficient (Wildman–Crippen LogP) is 3.07. The van der Waals surface area contributed by atoms with Gasteiger partial charge in [-0.25, -0.2) is 4.98 Å². The highest BCUT2D eigenvalue weighted by molar-refractivity contribution is 9.10. The first-order valence-electron chi connectivity index (χ1n) is 5.54. The number of nitrogens with zero attached hydrogens (tertiary/aromatic N) is 4. The highest BCUT2D eigenvalue weighted by Crippen LogP contribution is 2.21. The summed E-state index contributed by atoms with van der Waals surface area (Å²) >= 11 is 3.38. The van der Waals surface area contributed by atoms with Gasteiger partial charge in [0, 0.05) is 12.4 Å². The fourth-order valence-corrected chi connectivity index (χ4v) is 2.08. The second-order valence-electron chi connectivity index (χ2n) is 4.23. The van der Waals surface area contributed by atoms with E-state index in [1.54, 1.807) is 4.68 Å². The lowest BCUT2D eigenvalue weighted by molar-refractivity contribution is -0.141. The van der Waals surface area contributed by atoms with Gasteiger partial charge in [-0.15, -0.1) is 0 Å². The van der Waals surface area contributed by atoms with Gasteiger partial charge in [0.05, 0.1) is 22.4 Å². The normalized spacial score (nSPS) is 12.1. The van der Waals surface area contributed by atoms with E-state index in [0.717, 1.165) is 20.4 Å². The largest absolute Gasteiger partial charge is 0.406 e. The molecule has 0 saturated heterocycles. The summed E-state index contributed by atoms with van der Waals surface area (Å²) in [6.45, 7) is 2.85. The van der Waals surface area contributed by atoms with Crippen molar-refractivity contribution in [2.24, 2.45) is 0 Å². The maximum atomic E-state index is 12.4. The topological polar surface area (TPSA) is 35.6 Å². The average Bonchev–Trinajstić information content (AvgIpc) is 2.79.